The molecule has 0 heterocycles. The maximum Gasteiger partial charge on any atom is 0.150 e. The third-order valence-electron chi connectivity index (χ3n) is 2.93. The molecule has 1 N–H and O–H groups in total. The Bertz CT molecular complexity index is 570. The molecule has 0 atom stereocenters. The highest BCUT2D eigenvalue weighted by atomic mass is 35.5. The summed E-state index contributed by atoms with van der Waals surface area (Å²) in [5, 5.41) is 3.72. The highest BCUT2D eigenvalue weighted by molar-refractivity contribution is 6.32. The Morgan fingerprint density at radius 2 is 1.76 bits per heavy atom. The van der Waals surface area contributed by atoms with Crippen LogP contribution >= 0.6 is 11.6 Å². The maximum absolute atomic E-state index is 6.24. The van der Waals surface area contributed by atoms with Gasteiger partial charge in [-0.2, -0.15) is 0 Å². The van der Waals surface area contributed by atoms with Crippen molar-refractivity contribution in [1.82, 2.24) is 5.32 Å². The van der Waals surface area contributed by atoms with E-state index in [1.54, 1.807) is 0 Å². The van der Waals surface area contributed by atoms with Gasteiger partial charge in [-0.25, -0.2) is 0 Å². The van der Waals surface area contributed by atoms with Gasteiger partial charge in [-0.3, -0.25) is 0 Å². The van der Waals surface area contributed by atoms with E-state index >= 15 is 0 Å². The van der Waals surface area contributed by atoms with Crippen LogP contribution in [0, 0.1) is 0 Å². The third-order valence-corrected chi connectivity index (χ3v) is 3.23. The molecule has 0 fully saturated rings. The second-order valence-corrected chi connectivity index (χ2v) is 5.09. The van der Waals surface area contributed by atoms with Gasteiger partial charge in [0.2, 0.25) is 0 Å². The van der Waals surface area contributed by atoms with Crippen molar-refractivity contribution < 1.29 is 9.47 Å². The minimum Gasteiger partial charge on any atom is -0.494 e. The van der Waals surface area contributed by atoms with Gasteiger partial charge in [-0.15, -0.1) is 0 Å². The average molecular weight is 306 g/mol. The van der Waals surface area contributed by atoms with E-state index in [1.165, 1.54) is 0 Å². The van der Waals surface area contributed by atoms with Crippen LogP contribution in [-0.2, 0) is 6.54 Å². The van der Waals surface area contributed by atoms with Crippen molar-refractivity contribution in [2.24, 2.45) is 0 Å². The van der Waals surface area contributed by atoms with E-state index in [9.17, 15) is 0 Å². The fraction of sp³-hybridized carbons (Fsp3) is 0.294. The third kappa shape index (κ3) is 4.38. The van der Waals surface area contributed by atoms with Gasteiger partial charge in [0.15, 0.2) is 0 Å². The number of halogens is 1. The van der Waals surface area contributed by atoms with E-state index in [2.05, 4.69) is 12.2 Å². The molecule has 0 aromatic heterocycles. The van der Waals surface area contributed by atoms with Crippen LogP contribution in [0.1, 0.15) is 18.9 Å². The van der Waals surface area contributed by atoms with Crippen molar-refractivity contribution in [3.8, 4) is 17.2 Å². The van der Waals surface area contributed by atoms with Crippen LogP contribution in [0.3, 0.4) is 0 Å². The van der Waals surface area contributed by atoms with E-state index in [4.69, 9.17) is 21.1 Å². The van der Waals surface area contributed by atoms with Crippen LogP contribution in [0.15, 0.2) is 42.5 Å². The van der Waals surface area contributed by atoms with Crippen LogP contribution in [-0.4, -0.2) is 13.7 Å². The number of rotatable bonds is 7. The van der Waals surface area contributed by atoms with Crippen LogP contribution in [0.2, 0.25) is 5.02 Å². The summed E-state index contributed by atoms with van der Waals surface area (Å²) in [6.45, 7) is 3.50. The summed E-state index contributed by atoms with van der Waals surface area (Å²) in [6, 6.07) is 13.3. The first-order valence-corrected chi connectivity index (χ1v) is 7.45. The zero-order valence-corrected chi connectivity index (χ0v) is 13.1. The molecule has 0 saturated carbocycles. The van der Waals surface area contributed by atoms with Gasteiger partial charge in [0.05, 0.1) is 11.6 Å². The second-order valence-electron chi connectivity index (χ2n) is 4.68. The highest BCUT2D eigenvalue weighted by Crippen LogP contribution is 2.33. The van der Waals surface area contributed by atoms with E-state index in [0.717, 1.165) is 30.1 Å². The summed E-state index contributed by atoms with van der Waals surface area (Å²) in [5.74, 6) is 2.28. The van der Waals surface area contributed by atoms with Gasteiger partial charge >= 0.3 is 0 Å². The van der Waals surface area contributed by atoms with Crippen molar-refractivity contribution in [2.75, 3.05) is 13.7 Å². The zero-order valence-electron chi connectivity index (χ0n) is 12.4. The molecule has 2 aromatic carbocycles. The second kappa shape index (κ2) is 7.91. The fourth-order valence-corrected chi connectivity index (χ4v) is 2.17. The summed E-state index contributed by atoms with van der Waals surface area (Å²) in [6.07, 6.45) is 0.991. The number of nitrogens with one attached hydrogen (secondary N) is 1. The molecule has 0 amide bonds. The summed E-state index contributed by atoms with van der Waals surface area (Å²) in [7, 11) is 1.89. The van der Waals surface area contributed by atoms with Gasteiger partial charge in [0.25, 0.3) is 0 Å². The van der Waals surface area contributed by atoms with Gasteiger partial charge in [-0.1, -0.05) is 30.7 Å². The minimum atomic E-state index is 0.606. The van der Waals surface area contributed by atoms with Gasteiger partial charge in [-0.05, 0) is 43.8 Å². The molecule has 2 aromatic rings. The Hall–Kier alpha value is -1.71. The Morgan fingerprint density at radius 3 is 2.43 bits per heavy atom. The molecule has 112 valence electrons. The monoisotopic (exact) mass is 305 g/mol. The van der Waals surface area contributed by atoms with Gasteiger partial charge < -0.3 is 14.8 Å². The van der Waals surface area contributed by atoms with E-state index in [1.807, 2.05) is 49.5 Å². The molecule has 21 heavy (non-hydrogen) atoms. The number of hydrogen-bond donors (Lipinski definition) is 1. The lowest BCUT2D eigenvalue weighted by atomic mass is 10.2. The predicted molar refractivity (Wildman–Crippen MR) is 86.5 cm³/mol. The van der Waals surface area contributed by atoms with Crippen molar-refractivity contribution in [2.45, 2.75) is 19.9 Å². The fourth-order valence-electron chi connectivity index (χ4n) is 1.94. The standard InChI is InChI=1S/C17H20ClNO2/c1-3-11-20-14-7-9-15(10-8-14)21-17-13(12-19-2)5-4-6-16(17)18/h4-10,19H,3,11-12H2,1-2H3. The van der Waals surface area contributed by atoms with Gasteiger partial charge in [0.1, 0.15) is 17.2 Å². The first kappa shape index (κ1) is 15.7. The molecule has 0 aliphatic carbocycles. The number of hydrogen-bond acceptors (Lipinski definition) is 3. The lowest BCUT2D eigenvalue weighted by Crippen LogP contribution is -2.06. The lowest BCUT2D eigenvalue weighted by Gasteiger charge is -2.13. The van der Waals surface area contributed by atoms with Crippen molar-refractivity contribution >= 4 is 11.6 Å². The Morgan fingerprint density at radius 1 is 1.05 bits per heavy atom. The molecule has 4 heteroatoms. The minimum absolute atomic E-state index is 0.606. The van der Waals surface area contributed by atoms with E-state index in [0.29, 0.717) is 17.3 Å². The Labute approximate surface area is 130 Å². The average Bonchev–Trinajstić information content (AvgIpc) is 2.50. The molecule has 0 radical (unpaired) electrons. The van der Waals surface area contributed by atoms with E-state index in [-0.39, 0.29) is 0 Å². The summed E-state index contributed by atoms with van der Waals surface area (Å²) in [4.78, 5) is 0. The van der Waals surface area contributed by atoms with E-state index < -0.39 is 0 Å². The molecule has 0 saturated heterocycles. The topological polar surface area (TPSA) is 30.5 Å². The number of para-hydroxylation sites is 1. The molecule has 3 nitrogen and oxygen atoms in total. The first-order chi connectivity index (χ1) is 10.2. The molecule has 0 spiro atoms. The first-order valence-electron chi connectivity index (χ1n) is 7.07. The van der Waals surface area contributed by atoms with Crippen LogP contribution < -0.4 is 14.8 Å². The molecule has 0 aliphatic rings. The summed E-state index contributed by atoms with van der Waals surface area (Å²) >= 11 is 6.24. The normalized spacial score (nSPS) is 10.4. The summed E-state index contributed by atoms with van der Waals surface area (Å²) < 4.78 is 11.5. The molecule has 0 unspecified atom stereocenters. The Kier molecular flexibility index (Phi) is 5.90. The van der Waals surface area contributed by atoms with Crippen LogP contribution in [0.5, 0.6) is 17.2 Å². The van der Waals surface area contributed by atoms with Crippen LogP contribution in [0.25, 0.3) is 0 Å². The molecule has 2 rings (SSSR count). The summed E-state index contributed by atoms with van der Waals surface area (Å²) in [5.41, 5.74) is 1.02. The predicted octanol–water partition coefficient (Wildman–Crippen LogP) is 4.64. The SMILES string of the molecule is CCCOc1ccc(Oc2c(Cl)cccc2CNC)cc1. The van der Waals surface area contributed by atoms with Crippen molar-refractivity contribution in [1.29, 1.82) is 0 Å². The zero-order chi connectivity index (χ0) is 15.1. The Balaban J connectivity index is 2.14. The molecule has 0 bridgehead atoms. The highest BCUT2D eigenvalue weighted by Gasteiger charge is 2.09. The van der Waals surface area contributed by atoms with Crippen molar-refractivity contribution in [3.63, 3.8) is 0 Å². The number of benzene rings is 2. The smallest absolute Gasteiger partial charge is 0.150 e. The maximum atomic E-state index is 6.24. The largest absolute Gasteiger partial charge is 0.494 e. The van der Waals surface area contributed by atoms with Gasteiger partial charge in [0, 0.05) is 12.1 Å². The lowest BCUT2D eigenvalue weighted by molar-refractivity contribution is 0.317. The van der Waals surface area contributed by atoms with Crippen molar-refractivity contribution in [3.05, 3.63) is 53.1 Å². The number of ether oxygens (including phenoxy) is 2. The molecular weight excluding hydrogens is 286 g/mol. The quantitative estimate of drug-likeness (QED) is 0.808. The molecular formula is C17H20ClNO2. The van der Waals surface area contributed by atoms with Crippen LogP contribution in [0.4, 0.5) is 0 Å². The molecule has 0 aliphatic heterocycles.